The summed E-state index contributed by atoms with van der Waals surface area (Å²) in [6, 6.07) is 18.3. The Morgan fingerprint density at radius 2 is 1.52 bits per heavy atom. The summed E-state index contributed by atoms with van der Waals surface area (Å²) >= 11 is 0. The number of fused-ring (bicyclic) bond motifs is 1. The highest BCUT2D eigenvalue weighted by Gasteiger charge is 2.49. The van der Waals surface area contributed by atoms with Gasteiger partial charge in [-0.15, -0.1) is 12.4 Å². The number of nitrogen functional groups attached to an aromatic ring is 1. The van der Waals surface area contributed by atoms with Gasteiger partial charge in [-0.25, -0.2) is 33.3 Å². The number of piperidine rings is 2. The number of aromatic carboxylic acids is 1. The zero-order valence-electron chi connectivity index (χ0n) is 28.1. The average molecular weight is 734 g/mol. The lowest BCUT2D eigenvalue weighted by molar-refractivity contribution is -0.117. The number of likely N-dealkylation sites (tertiary alicyclic amines) is 2. The van der Waals surface area contributed by atoms with Crippen molar-refractivity contribution in [3.63, 3.8) is 0 Å². The minimum Gasteiger partial charge on any atom is -0.477 e. The molecule has 0 radical (unpaired) electrons. The number of carbonyl (C=O) groups is 1. The highest BCUT2D eigenvalue weighted by Crippen LogP contribution is 2.40. The Balaban J connectivity index is 0.00000420. The molecule has 13 nitrogen and oxygen atoms in total. The van der Waals surface area contributed by atoms with Crippen LogP contribution in [0, 0.1) is 0 Å². The van der Waals surface area contributed by atoms with E-state index < -0.39 is 30.2 Å². The van der Waals surface area contributed by atoms with Gasteiger partial charge in [-0.3, -0.25) is 18.9 Å². The van der Waals surface area contributed by atoms with Crippen LogP contribution in [0.15, 0.2) is 84.0 Å². The molecular formula is C36H38ClF2N9O4. The number of pyridine rings is 1. The molecule has 0 saturated carbocycles. The number of carboxylic acid groups (broad SMARTS) is 1. The number of rotatable bonds is 8. The molecule has 272 valence electrons. The van der Waals surface area contributed by atoms with Crippen molar-refractivity contribution in [1.29, 1.82) is 0 Å². The van der Waals surface area contributed by atoms with Gasteiger partial charge in [0.05, 0.1) is 24.1 Å². The van der Waals surface area contributed by atoms with E-state index in [1.54, 1.807) is 36.5 Å². The van der Waals surface area contributed by atoms with E-state index in [-0.39, 0.29) is 47.5 Å². The van der Waals surface area contributed by atoms with Crippen LogP contribution in [0.25, 0.3) is 16.9 Å². The summed E-state index contributed by atoms with van der Waals surface area (Å²) in [5, 5.41) is 9.09. The van der Waals surface area contributed by atoms with Gasteiger partial charge in [0.15, 0.2) is 11.5 Å². The molecule has 1 atom stereocenters. The van der Waals surface area contributed by atoms with Crippen molar-refractivity contribution in [3.05, 3.63) is 95.4 Å². The van der Waals surface area contributed by atoms with Gasteiger partial charge < -0.3 is 20.5 Å². The fourth-order valence-electron chi connectivity index (χ4n) is 7.67. The summed E-state index contributed by atoms with van der Waals surface area (Å²) in [6.45, 7) is 3.21. The van der Waals surface area contributed by atoms with Crippen molar-refractivity contribution in [1.82, 2.24) is 33.9 Å². The van der Waals surface area contributed by atoms with Crippen molar-refractivity contribution in [2.75, 3.05) is 49.9 Å². The number of benzene rings is 2. The summed E-state index contributed by atoms with van der Waals surface area (Å²) in [5.74, 6) is -3.03. The van der Waals surface area contributed by atoms with Crippen molar-refractivity contribution in [2.24, 2.45) is 0 Å². The van der Waals surface area contributed by atoms with E-state index >= 15 is 8.78 Å². The van der Waals surface area contributed by atoms with E-state index in [0.29, 0.717) is 29.8 Å². The van der Waals surface area contributed by atoms with Gasteiger partial charge in [0.25, 0.3) is 5.92 Å². The molecule has 0 aliphatic carbocycles. The second-order valence-corrected chi connectivity index (χ2v) is 13.4. The van der Waals surface area contributed by atoms with Gasteiger partial charge >= 0.3 is 11.7 Å². The molecule has 5 aromatic rings. The monoisotopic (exact) mass is 733 g/mol. The minimum atomic E-state index is -3.20. The first-order valence-electron chi connectivity index (χ1n) is 17.0. The van der Waals surface area contributed by atoms with E-state index in [1.165, 1.54) is 17.0 Å². The molecule has 0 bridgehead atoms. The number of nitrogens with two attached hydrogens (primary N) is 1. The van der Waals surface area contributed by atoms with Crippen LogP contribution in [0.2, 0.25) is 0 Å². The number of ether oxygens (including phenoxy) is 1. The number of halogens is 3. The first-order chi connectivity index (χ1) is 24.7. The Hall–Kier alpha value is -5.12. The number of carboxylic acids is 1. The first-order valence-corrected chi connectivity index (χ1v) is 17.0. The summed E-state index contributed by atoms with van der Waals surface area (Å²) in [5.41, 5.74) is 7.20. The molecule has 0 spiro atoms. The third-order valence-corrected chi connectivity index (χ3v) is 10.4. The lowest BCUT2D eigenvalue weighted by atomic mass is 9.94. The molecule has 8 rings (SSSR count). The van der Waals surface area contributed by atoms with Crippen LogP contribution in [0.3, 0.4) is 0 Å². The van der Waals surface area contributed by atoms with Crippen molar-refractivity contribution < 1.29 is 23.4 Å². The zero-order chi connectivity index (χ0) is 35.3. The molecule has 0 amide bonds. The SMILES string of the molecule is Cl.Nc1ncnc2c1n(-c1ccc(Oc3ccccc3)cc1)c(=O)n2[C@@H]1CCN(C2CCN(C3CN(c4ccc(C(=O)O)nc4)C3)CC2)CC1(F)F. The average Bonchev–Trinajstić information content (AvgIpc) is 3.41. The normalized spacial score (nSPS) is 20.0. The fraction of sp³-hybridized carbons (Fsp3) is 0.361. The van der Waals surface area contributed by atoms with Gasteiger partial charge in [-0.2, -0.15) is 0 Å². The number of anilines is 2. The van der Waals surface area contributed by atoms with Crippen LogP contribution in [-0.4, -0.2) is 102 Å². The summed E-state index contributed by atoms with van der Waals surface area (Å²) in [6.07, 6.45) is 4.41. The zero-order valence-corrected chi connectivity index (χ0v) is 28.9. The molecular weight excluding hydrogens is 696 g/mol. The van der Waals surface area contributed by atoms with Gasteiger partial charge in [-0.1, -0.05) is 18.2 Å². The van der Waals surface area contributed by atoms with E-state index in [0.717, 1.165) is 49.3 Å². The topological polar surface area (TPSA) is 148 Å². The van der Waals surface area contributed by atoms with Gasteiger partial charge in [-0.05, 0) is 67.8 Å². The third-order valence-electron chi connectivity index (χ3n) is 10.4. The molecule has 3 saturated heterocycles. The van der Waals surface area contributed by atoms with Crippen molar-refractivity contribution in [3.8, 4) is 17.2 Å². The molecule has 0 unspecified atom stereocenters. The first kappa shape index (κ1) is 35.3. The number of alkyl halides is 2. The second kappa shape index (κ2) is 14.1. The van der Waals surface area contributed by atoms with E-state index in [1.807, 2.05) is 35.2 Å². The van der Waals surface area contributed by atoms with E-state index in [2.05, 4.69) is 24.8 Å². The standard InChI is InChI=1S/C36H37F2N9O4.ClH/c37-36(38)21-44(23-12-15-43(16-13-23)26-19-45(20-26)25-8-11-29(34(48)49)40-18-25)17-14-30(36)47-33-31(32(39)41-22-42-33)46(35(47)50)24-6-9-28(10-7-24)51-27-4-2-1-3-5-27;/h1-11,18,22-23,26,30H,12-17,19-21H2,(H,48,49)(H2,39,41,42);1H/t30-;/m1./s1. The highest BCUT2D eigenvalue weighted by atomic mass is 35.5. The van der Waals surface area contributed by atoms with Crippen LogP contribution in [0.1, 0.15) is 35.8 Å². The number of hydrogen-bond donors (Lipinski definition) is 2. The van der Waals surface area contributed by atoms with Crippen molar-refractivity contribution in [2.45, 2.75) is 43.3 Å². The Labute approximate surface area is 303 Å². The largest absolute Gasteiger partial charge is 0.477 e. The number of para-hydroxylation sites is 1. The van der Waals surface area contributed by atoms with Crippen LogP contribution < -0.4 is 21.1 Å². The molecule has 52 heavy (non-hydrogen) atoms. The number of hydrogen-bond acceptors (Lipinski definition) is 10. The Bertz CT molecular complexity index is 2100. The lowest BCUT2D eigenvalue weighted by Crippen LogP contribution is -2.62. The molecule has 3 fully saturated rings. The van der Waals surface area contributed by atoms with Crippen LogP contribution in [-0.2, 0) is 0 Å². The Morgan fingerprint density at radius 3 is 2.17 bits per heavy atom. The van der Waals surface area contributed by atoms with Gasteiger partial charge in [0.2, 0.25) is 0 Å². The van der Waals surface area contributed by atoms with Crippen LogP contribution >= 0.6 is 12.4 Å². The quantitative estimate of drug-likeness (QED) is 0.229. The van der Waals surface area contributed by atoms with Gasteiger partial charge in [0.1, 0.15) is 35.1 Å². The minimum absolute atomic E-state index is 0. The molecule has 3 N–H and O–H groups in total. The summed E-state index contributed by atoms with van der Waals surface area (Å²) in [7, 11) is 0. The lowest BCUT2D eigenvalue weighted by Gasteiger charge is -2.50. The Kier molecular flexibility index (Phi) is 9.59. The molecule has 3 aromatic heterocycles. The molecule has 2 aromatic carbocycles. The maximum absolute atomic E-state index is 16.2. The third kappa shape index (κ3) is 6.55. The van der Waals surface area contributed by atoms with Crippen molar-refractivity contribution >= 4 is 41.0 Å². The van der Waals surface area contributed by atoms with Gasteiger partial charge in [0, 0.05) is 44.8 Å². The smallest absolute Gasteiger partial charge is 0.354 e. The molecule has 6 heterocycles. The molecule has 16 heteroatoms. The maximum Gasteiger partial charge on any atom is 0.354 e. The maximum atomic E-state index is 16.2. The summed E-state index contributed by atoms with van der Waals surface area (Å²) < 4.78 is 40.7. The summed E-state index contributed by atoms with van der Waals surface area (Å²) in [4.78, 5) is 44.0. The molecule has 3 aliphatic rings. The van der Waals surface area contributed by atoms with E-state index in [9.17, 15) is 9.59 Å². The Morgan fingerprint density at radius 1 is 0.846 bits per heavy atom. The number of imidazole rings is 1. The number of aromatic nitrogens is 5. The van der Waals surface area contributed by atoms with Crippen LogP contribution in [0.5, 0.6) is 11.5 Å². The second-order valence-electron chi connectivity index (χ2n) is 13.4. The van der Waals surface area contributed by atoms with Crippen LogP contribution in [0.4, 0.5) is 20.3 Å². The predicted molar refractivity (Wildman–Crippen MR) is 193 cm³/mol. The number of nitrogens with zero attached hydrogens (tertiary/aromatic N) is 8. The molecule has 3 aliphatic heterocycles. The fourth-order valence-corrected chi connectivity index (χ4v) is 7.67. The van der Waals surface area contributed by atoms with E-state index in [4.69, 9.17) is 15.6 Å². The highest BCUT2D eigenvalue weighted by molar-refractivity contribution is 5.86. The predicted octanol–water partition coefficient (Wildman–Crippen LogP) is 4.71.